The first-order chi connectivity index (χ1) is 15.6. The summed E-state index contributed by atoms with van der Waals surface area (Å²) in [4.78, 5) is 21.9. The third-order valence-electron chi connectivity index (χ3n) is 6.71. The minimum Gasteiger partial charge on any atom is -0.351 e. The fourth-order valence-electron chi connectivity index (χ4n) is 4.54. The summed E-state index contributed by atoms with van der Waals surface area (Å²) in [7, 11) is 0. The Morgan fingerprint density at radius 2 is 2.06 bits per heavy atom. The van der Waals surface area contributed by atoms with Crippen molar-refractivity contribution in [3.8, 4) is 0 Å². The fourth-order valence-corrected chi connectivity index (χ4v) is 4.54. The van der Waals surface area contributed by atoms with E-state index in [1.165, 1.54) is 0 Å². The number of aromatic nitrogens is 2. The zero-order chi connectivity index (χ0) is 23.8. The van der Waals surface area contributed by atoms with Gasteiger partial charge in [-0.1, -0.05) is 44.2 Å². The van der Waals surface area contributed by atoms with Crippen LogP contribution in [0, 0.1) is 12.3 Å². The van der Waals surface area contributed by atoms with E-state index < -0.39 is 5.92 Å². The summed E-state index contributed by atoms with van der Waals surface area (Å²) >= 11 is 0. The van der Waals surface area contributed by atoms with Crippen LogP contribution in [-0.2, 0) is 6.42 Å². The standard InChI is InChI=1S/C27H31F2N3O.H2/c1-5-26(3,4)15-24(33)20-7-6-18(14-17(20)2)21-8-9-23-22(21)16-30-25(32-23)31-19-10-12-27(28,29)13-11-19;/h5-8,14,16,19H,1,9-13,15H2,2-4H3,(H,30,31,32);1H. The van der Waals surface area contributed by atoms with Gasteiger partial charge in [-0.15, -0.1) is 6.58 Å². The SMILES string of the molecule is C=CC(C)(C)CC(=O)c1ccc(C2=CCc3nc(NC4CCC(F)(F)CC4)ncc32)cc1C.[HH]. The maximum atomic E-state index is 13.4. The number of alkyl halides is 2. The number of nitrogens with zero attached hydrogens (tertiary/aromatic N) is 2. The average molecular weight is 454 g/mol. The molecule has 6 heteroatoms. The molecule has 1 aromatic heterocycles. The van der Waals surface area contributed by atoms with Crippen LogP contribution >= 0.6 is 0 Å². The van der Waals surface area contributed by atoms with E-state index in [1.54, 1.807) is 0 Å². The maximum absolute atomic E-state index is 13.4. The molecule has 0 bridgehead atoms. The second-order valence-corrected chi connectivity index (χ2v) is 9.97. The highest BCUT2D eigenvalue weighted by Crippen LogP contribution is 2.36. The quantitative estimate of drug-likeness (QED) is 0.370. The number of ketones is 1. The van der Waals surface area contributed by atoms with Gasteiger partial charge in [0, 0.05) is 50.5 Å². The lowest BCUT2D eigenvalue weighted by Crippen LogP contribution is -2.32. The first kappa shape index (κ1) is 23.3. The number of hydrogen-bond acceptors (Lipinski definition) is 4. The second-order valence-electron chi connectivity index (χ2n) is 9.97. The number of allylic oxidation sites excluding steroid dienone is 2. The Morgan fingerprint density at radius 3 is 2.73 bits per heavy atom. The zero-order valence-corrected chi connectivity index (χ0v) is 19.5. The van der Waals surface area contributed by atoms with Gasteiger partial charge in [-0.25, -0.2) is 18.7 Å². The van der Waals surface area contributed by atoms with Crippen LogP contribution in [-0.4, -0.2) is 27.7 Å². The number of halogens is 2. The van der Waals surface area contributed by atoms with Gasteiger partial charge in [0.25, 0.3) is 0 Å². The Hall–Kier alpha value is -2.89. The van der Waals surface area contributed by atoms with Crippen LogP contribution in [0.15, 0.2) is 43.1 Å². The largest absolute Gasteiger partial charge is 0.351 e. The lowest BCUT2D eigenvalue weighted by atomic mass is 9.84. The van der Waals surface area contributed by atoms with E-state index in [4.69, 9.17) is 0 Å². The predicted molar refractivity (Wildman–Crippen MR) is 130 cm³/mol. The highest BCUT2D eigenvalue weighted by atomic mass is 19.3. The topological polar surface area (TPSA) is 54.9 Å². The van der Waals surface area contributed by atoms with E-state index in [-0.39, 0.29) is 31.5 Å². The van der Waals surface area contributed by atoms with Crippen LogP contribution in [0.25, 0.3) is 5.57 Å². The Bertz CT molecular complexity index is 1120. The monoisotopic (exact) mass is 453 g/mol. The molecule has 0 radical (unpaired) electrons. The van der Waals surface area contributed by atoms with Crippen LogP contribution < -0.4 is 5.32 Å². The van der Waals surface area contributed by atoms with Crippen molar-refractivity contribution in [3.63, 3.8) is 0 Å². The molecule has 0 unspecified atom stereocenters. The first-order valence-electron chi connectivity index (χ1n) is 11.6. The van der Waals surface area contributed by atoms with Gasteiger partial charge in [0.1, 0.15) is 0 Å². The average Bonchev–Trinajstić information content (AvgIpc) is 3.18. The molecule has 0 amide bonds. The van der Waals surface area contributed by atoms with Gasteiger partial charge in [0.05, 0.1) is 5.69 Å². The minimum absolute atomic E-state index is 0. The molecule has 0 spiro atoms. The number of rotatable bonds is 7. The Labute approximate surface area is 195 Å². The van der Waals surface area contributed by atoms with E-state index in [0.717, 1.165) is 33.5 Å². The van der Waals surface area contributed by atoms with E-state index in [9.17, 15) is 13.6 Å². The molecule has 33 heavy (non-hydrogen) atoms. The molecule has 2 aliphatic carbocycles. The molecule has 1 heterocycles. The number of hydrogen-bond donors (Lipinski definition) is 1. The van der Waals surface area contributed by atoms with Gasteiger partial charge in [0.15, 0.2) is 5.78 Å². The smallest absolute Gasteiger partial charge is 0.248 e. The molecule has 0 aliphatic heterocycles. The summed E-state index contributed by atoms with van der Waals surface area (Å²) < 4.78 is 26.8. The van der Waals surface area contributed by atoms with E-state index in [2.05, 4.69) is 27.9 Å². The van der Waals surface area contributed by atoms with Gasteiger partial charge in [-0.2, -0.15) is 0 Å². The second kappa shape index (κ2) is 8.81. The van der Waals surface area contributed by atoms with Crippen LogP contribution in [0.5, 0.6) is 0 Å². The number of carbonyl (C=O) groups is 1. The number of Topliss-reactive ketones (excluding diaryl/α,β-unsaturated/α-hetero) is 1. The third kappa shape index (κ3) is 5.21. The van der Waals surface area contributed by atoms with Crippen molar-refractivity contribution in [1.82, 2.24) is 9.97 Å². The lowest BCUT2D eigenvalue weighted by molar-refractivity contribution is -0.0361. The fraction of sp³-hybridized carbons (Fsp3) is 0.444. The number of fused-ring (bicyclic) bond motifs is 1. The molecule has 1 saturated carbocycles. The number of nitrogens with one attached hydrogen (secondary N) is 1. The third-order valence-corrected chi connectivity index (χ3v) is 6.71. The summed E-state index contributed by atoms with van der Waals surface area (Å²) in [6.07, 6.45) is 7.53. The number of benzene rings is 1. The Morgan fingerprint density at radius 1 is 1.33 bits per heavy atom. The molecule has 2 aliphatic rings. The van der Waals surface area contributed by atoms with E-state index in [0.29, 0.717) is 31.6 Å². The molecule has 0 atom stereocenters. The number of carbonyl (C=O) groups excluding carboxylic acids is 1. The van der Waals surface area contributed by atoms with Crippen molar-refractivity contribution in [3.05, 3.63) is 71.1 Å². The van der Waals surface area contributed by atoms with Gasteiger partial charge >= 0.3 is 0 Å². The van der Waals surface area contributed by atoms with Gasteiger partial charge in [-0.3, -0.25) is 4.79 Å². The molecular formula is C27H33F2N3O. The number of aryl methyl sites for hydroxylation is 1. The van der Waals surface area contributed by atoms with Crippen molar-refractivity contribution < 1.29 is 15.0 Å². The van der Waals surface area contributed by atoms with Crippen LogP contribution in [0.1, 0.15) is 80.1 Å². The summed E-state index contributed by atoms with van der Waals surface area (Å²) in [6, 6.07) is 5.91. The number of anilines is 1. The highest BCUT2D eigenvalue weighted by Gasteiger charge is 2.35. The molecule has 0 saturated heterocycles. The Balaban J connectivity index is 0.00000324. The predicted octanol–water partition coefficient (Wildman–Crippen LogP) is 6.79. The molecule has 1 fully saturated rings. The van der Waals surface area contributed by atoms with Gasteiger partial charge in [-0.05, 0) is 41.9 Å². The Kier molecular flexibility index (Phi) is 6.21. The molecular weight excluding hydrogens is 420 g/mol. The summed E-state index contributed by atoms with van der Waals surface area (Å²) in [5.74, 6) is -1.93. The van der Waals surface area contributed by atoms with Crippen molar-refractivity contribution >= 4 is 17.3 Å². The van der Waals surface area contributed by atoms with Crippen LogP contribution in [0.4, 0.5) is 14.7 Å². The molecule has 1 aromatic carbocycles. The van der Waals surface area contributed by atoms with Gasteiger partial charge in [0.2, 0.25) is 11.9 Å². The summed E-state index contributed by atoms with van der Waals surface area (Å²) in [5.41, 5.74) is 5.43. The molecule has 1 N–H and O–H groups in total. The van der Waals surface area contributed by atoms with Crippen LogP contribution in [0.2, 0.25) is 0 Å². The molecule has 2 aromatic rings. The van der Waals surface area contributed by atoms with Crippen LogP contribution in [0.3, 0.4) is 0 Å². The van der Waals surface area contributed by atoms with Crippen molar-refractivity contribution in [2.75, 3.05) is 5.32 Å². The van der Waals surface area contributed by atoms with E-state index in [1.807, 2.05) is 51.2 Å². The highest BCUT2D eigenvalue weighted by molar-refractivity contribution is 5.98. The van der Waals surface area contributed by atoms with Crippen molar-refractivity contribution in [2.45, 2.75) is 71.3 Å². The van der Waals surface area contributed by atoms with Gasteiger partial charge < -0.3 is 5.32 Å². The minimum atomic E-state index is -2.55. The first-order valence-corrected chi connectivity index (χ1v) is 11.6. The van der Waals surface area contributed by atoms with Crippen molar-refractivity contribution in [1.29, 1.82) is 0 Å². The summed E-state index contributed by atoms with van der Waals surface area (Å²) in [6.45, 7) is 9.81. The molecule has 4 rings (SSSR count). The normalized spacial score (nSPS) is 17.9. The lowest BCUT2D eigenvalue weighted by Gasteiger charge is -2.28. The molecule has 176 valence electrons. The maximum Gasteiger partial charge on any atom is 0.248 e. The molecule has 4 nitrogen and oxygen atoms in total. The summed E-state index contributed by atoms with van der Waals surface area (Å²) in [5, 5.41) is 3.23. The zero-order valence-electron chi connectivity index (χ0n) is 19.5. The van der Waals surface area contributed by atoms with Crippen molar-refractivity contribution in [2.24, 2.45) is 5.41 Å². The van der Waals surface area contributed by atoms with E-state index >= 15 is 0 Å².